The second kappa shape index (κ2) is 4.72. The summed E-state index contributed by atoms with van der Waals surface area (Å²) in [5.74, 6) is 5.24. The average molecular weight is 231 g/mol. The molecule has 1 aromatic rings. The number of terminal acetylenes is 2. The van der Waals surface area contributed by atoms with E-state index in [0.717, 1.165) is 4.88 Å². The van der Waals surface area contributed by atoms with Gasteiger partial charge in [0.05, 0.1) is 19.2 Å². The van der Waals surface area contributed by atoms with Crippen LogP contribution in [0.4, 0.5) is 0 Å². The van der Waals surface area contributed by atoms with Gasteiger partial charge in [-0.3, -0.25) is 4.90 Å². The predicted molar refractivity (Wildman–Crippen MR) is 65.9 cm³/mol. The molecule has 3 heteroatoms. The summed E-state index contributed by atoms with van der Waals surface area (Å²) in [6.45, 7) is 1.05. The highest BCUT2D eigenvalue weighted by Crippen LogP contribution is 2.44. The van der Waals surface area contributed by atoms with Crippen molar-refractivity contribution >= 4 is 11.3 Å². The number of thiophene rings is 1. The van der Waals surface area contributed by atoms with Crippen molar-refractivity contribution in [3.63, 3.8) is 0 Å². The van der Waals surface area contributed by atoms with Crippen LogP contribution in [0, 0.1) is 24.7 Å². The van der Waals surface area contributed by atoms with Crippen LogP contribution < -0.4 is 0 Å². The van der Waals surface area contributed by atoms with E-state index >= 15 is 0 Å². The van der Waals surface area contributed by atoms with Crippen LogP contribution in [0.15, 0.2) is 11.4 Å². The summed E-state index contributed by atoms with van der Waals surface area (Å²) in [5.41, 5.74) is 1.18. The Kier molecular flexibility index (Phi) is 3.31. The molecule has 0 bridgehead atoms. The van der Waals surface area contributed by atoms with Gasteiger partial charge in [0.15, 0.2) is 0 Å². The second-order valence-electron chi connectivity index (χ2n) is 3.82. The van der Waals surface area contributed by atoms with Crippen molar-refractivity contribution in [3.8, 4) is 24.7 Å². The summed E-state index contributed by atoms with van der Waals surface area (Å²) in [7, 11) is 0. The number of aliphatic hydroxyl groups excluding tert-OH is 1. The van der Waals surface area contributed by atoms with E-state index < -0.39 is 0 Å². The number of aliphatic hydroxyl groups is 1. The molecule has 82 valence electrons. The molecule has 1 aliphatic rings. The fraction of sp³-hybridized carbons (Fsp3) is 0.385. The maximum Gasteiger partial charge on any atom is 0.0903 e. The van der Waals surface area contributed by atoms with E-state index in [2.05, 4.69) is 22.8 Å². The lowest BCUT2D eigenvalue weighted by Crippen LogP contribution is -2.28. The van der Waals surface area contributed by atoms with E-state index in [4.69, 9.17) is 12.8 Å². The number of nitrogens with zero attached hydrogens (tertiary/aromatic N) is 1. The summed E-state index contributed by atoms with van der Waals surface area (Å²) >= 11 is 1.60. The van der Waals surface area contributed by atoms with Crippen molar-refractivity contribution in [2.45, 2.75) is 18.6 Å². The molecule has 0 fully saturated rings. The second-order valence-corrected chi connectivity index (χ2v) is 4.77. The fourth-order valence-electron chi connectivity index (χ4n) is 2.18. The van der Waals surface area contributed by atoms with Crippen molar-refractivity contribution in [1.29, 1.82) is 0 Å². The van der Waals surface area contributed by atoms with Crippen molar-refractivity contribution < 1.29 is 5.11 Å². The molecular weight excluding hydrogens is 218 g/mol. The minimum absolute atomic E-state index is 0.170. The van der Waals surface area contributed by atoms with Gasteiger partial charge in [-0.2, -0.15) is 0 Å². The maximum atomic E-state index is 9.91. The Morgan fingerprint density at radius 2 is 2.12 bits per heavy atom. The van der Waals surface area contributed by atoms with Crippen molar-refractivity contribution in [2.75, 3.05) is 13.1 Å². The lowest BCUT2D eigenvalue weighted by molar-refractivity contribution is 0.140. The third-order valence-corrected chi connectivity index (χ3v) is 3.90. The molecule has 1 aliphatic carbocycles. The zero-order chi connectivity index (χ0) is 11.5. The summed E-state index contributed by atoms with van der Waals surface area (Å²) in [5, 5.41) is 11.9. The smallest absolute Gasteiger partial charge is 0.0903 e. The minimum atomic E-state index is -0.363. The van der Waals surface area contributed by atoms with E-state index in [1.807, 2.05) is 5.38 Å². The van der Waals surface area contributed by atoms with E-state index in [1.54, 1.807) is 11.3 Å². The Morgan fingerprint density at radius 3 is 2.75 bits per heavy atom. The number of rotatable bonds is 3. The molecule has 0 aromatic carbocycles. The van der Waals surface area contributed by atoms with Crippen LogP contribution in [0.25, 0.3) is 0 Å². The molecule has 1 aromatic heterocycles. The van der Waals surface area contributed by atoms with Gasteiger partial charge in [0, 0.05) is 10.9 Å². The average Bonchev–Trinajstić information content (AvgIpc) is 2.83. The van der Waals surface area contributed by atoms with Gasteiger partial charge in [-0.1, -0.05) is 11.8 Å². The Labute approximate surface area is 99.9 Å². The molecule has 0 amide bonds. The quantitative estimate of drug-likeness (QED) is 0.802. The van der Waals surface area contributed by atoms with Crippen LogP contribution >= 0.6 is 11.3 Å². The zero-order valence-electron chi connectivity index (χ0n) is 8.89. The summed E-state index contributed by atoms with van der Waals surface area (Å²) in [6.07, 6.45) is 11.0. The molecule has 0 saturated heterocycles. The molecule has 1 N–H and O–H groups in total. The molecule has 16 heavy (non-hydrogen) atoms. The van der Waals surface area contributed by atoms with Crippen LogP contribution in [0.1, 0.15) is 29.0 Å². The highest BCUT2D eigenvalue weighted by Gasteiger charge is 2.34. The first kappa shape index (κ1) is 11.2. The van der Waals surface area contributed by atoms with E-state index in [-0.39, 0.29) is 12.1 Å². The largest absolute Gasteiger partial charge is 0.387 e. The summed E-state index contributed by atoms with van der Waals surface area (Å²) < 4.78 is 0. The van der Waals surface area contributed by atoms with Gasteiger partial charge >= 0.3 is 0 Å². The van der Waals surface area contributed by atoms with Gasteiger partial charge < -0.3 is 5.11 Å². The molecule has 1 heterocycles. The first-order valence-electron chi connectivity index (χ1n) is 5.14. The fourth-order valence-corrected chi connectivity index (χ4v) is 3.13. The van der Waals surface area contributed by atoms with Crippen molar-refractivity contribution in [3.05, 3.63) is 21.9 Å². The standard InChI is InChI=1S/C13H13NOS/c1-3-6-14(7-4-2)11-9-12(15)13-10(11)5-8-16-13/h1-2,5,8,11-12,15H,6-7,9H2/t11-,12+/m0/s1. The Bertz CT molecular complexity index is 435. The number of hydrogen-bond acceptors (Lipinski definition) is 3. The normalized spacial score (nSPS) is 22.8. The molecular formula is C13H13NOS. The predicted octanol–water partition coefficient (Wildman–Crippen LogP) is 1.79. The van der Waals surface area contributed by atoms with Gasteiger partial charge in [0.25, 0.3) is 0 Å². The van der Waals surface area contributed by atoms with Gasteiger partial charge in [-0.15, -0.1) is 24.2 Å². The monoisotopic (exact) mass is 231 g/mol. The highest BCUT2D eigenvalue weighted by atomic mass is 32.1. The SMILES string of the molecule is C#CCN(CC#C)[C@H]1C[C@@H](O)c2sccc21. The molecule has 2 atom stereocenters. The molecule has 0 radical (unpaired) electrons. The van der Waals surface area contributed by atoms with Gasteiger partial charge in [0.2, 0.25) is 0 Å². The molecule has 2 rings (SSSR count). The Hall–Kier alpha value is -1.26. The minimum Gasteiger partial charge on any atom is -0.387 e. The van der Waals surface area contributed by atoms with Crippen molar-refractivity contribution in [2.24, 2.45) is 0 Å². The van der Waals surface area contributed by atoms with Crippen LogP contribution in [0.2, 0.25) is 0 Å². The van der Waals surface area contributed by atoms with E-state index in [0.29, 0.717) is 19.5 Å². The van der Waals surface area contributed by atoms with Gasteiger partial charge in [-0.05, 0) is 23.4 Å². The van der Waals surface area contributed by atoms with Crippen LogP contribution in [-0.4, -0.2) is 23.1 Å². The first-order valence-corrected chi connectivity index (χ1v) is 6.02. The molecule has 0 spiro atoms. The third-order valence-electron chi connectivity index (χ3n) is 2.86. The third kappa shape index (κ3) is 1.86. The topological polar surface area (TPSA) is 23.5 Å². The van der Waals surface area contributed by atoms with Crippen molar-refractivity contribution in [1.82, 2.24) is 4.90 Å². The van der Waals surface area contributed by atoms with Crippen LogP contribution in [0.5, 0.6) is 0 Å². The molecule has 0 saturated carbocycles. The highest BCUT2D eigenvalue weighted by molar-refractivity contribution is 7.10. The maximum absolute atomic E-state index is 9.91. The first-order chi connectivity index (χ1) is 7.77. The Morgan fingerprint density at radius 1 is 1.44 bits per heavy atom. The summed E-state index contributed by atoms with van der Waals surface area (Å²) in [6, 6.07) is 2.23. The number of fused-ring (bicyclic) bond motifs is 1. The molecule has 2 nitrogen and oxygen atoms in total. The Balaban J connectivity index is 2.23. The van der Waals surface area contributed by atoms with Gasteiger partial charge in [-0.25, -0.2) is 0 Å². The number of hydrogen-bond donors (Lipinski definition) is 1. The van der Waals surface area contributed by atoms with Crippen LogP contribution in [0.3, 0.4) is 0 Å². The van der Waals surface area contributed by atoms with Crippen LogP contribution in [-0.2, 0) is 0 Å². The molecule has 0 aliphatic heterocycles. The van der Waals surface area contributed by atoms with Gasteiger partial charge in [0.1, 0.15) is 0 Å². The lowest BCUT2D eigenvalue weighted by atomic mass is 10.1. The lowest BCUT2D eigenvalue weighted by Gasteiger charge is -2.25. The zero-order valence-corrected chi connectivity index (χ0v) is 9.70. The summed E-state index contributed by atoms with van der Waals surface area (Å²) in [4.78, 5) is 3.12. The molecule has 0 unspecified atom stereocenters. The van der Waals surface area contributed by atoms with E-state index in [9.17, 15) is 5.11 Å². The van der Waals surface area contributed by atoms with E-state index in [1.165, 1.54) is 5.56 Å².